The Morgan fingerprint density at radius 1 is 1.33 bits per heavy atom. The Hall–Kier alpha value is -1.13. The Bertz CT molecular complexity index is 495. The average Bonchev–Trinajstić information content (AvgIpc) is 2.78. The molecule has 2 aromatic rings. The van der Waals surface area contributed by atoms with Crippen molar-refractivity contribution in [3.05, 3.63) is 23.8 Å². The molecule has 0 unspecified atom stereocenters. The Labute approximate surface area is 112 Å². The summed E-state index contributed by atoms with van der Waals surface area (Å²) in [5.74, 6) is 0. The number of hydrogen-bond donors (Lipinski definition) is 1. The molecule has 0 aliphatic heterocycles. The first-order valence-electron chi connectivity index (χ1n) is 6.49. The topological polar surface area (TPSA) is 34.1 Å². The quantitative estimate of drug-likeness (QED) is 0.772. The maximum atomic E-state index is 5.44. The van der Waals surface area contributed by atoms with Crippen LogP contribution in [0.2, 0.25) is 0 Å². The van der Waals surface area contributed by atoms with E-state index in [0.29, 0.717) is 0 Å². The third-order valence-electron chi connectivity index (χ3n) is 2.71. The predicted molar refractivity (Wildman–Crippen MR) is 78.6 cm³/mol. The number of hydrogen-bond acceptors (Lipinski definition) is 4. The third kappa shape index (κ3) is 3.43. The second-order valence-corrected chi connectivity index (χ2v) is 5.36. The molecule has 0 atom stereocenters. The molecule has 0 amide bonds. The molecule has 3 nitrogen and oxygen atoms in total. The van der Waals surface area contributed by atoms with Crippen molar-refractivity contribution < 1.29 is 4.74 Å². The minimum absolute atomic E-state index is 0.824. The second kappa shape index (κ2) is 6.71. The maximum absolute atomic E-state index is 5.44. The fourth-order valence-corrected chi connectivity index (χ4v) is 2.75. The Morgan fingerprint density at radius 2 is 2.22 bits per heavy atom. The van der Waals surface area contributed by atoms with E-state index in [-0.39, 0.29) is 0 Å². The molecule has 0 aliphatic rings. The van der Waals surface area contributed by atoms with Gasteiger partial charge in [0.25, 0.3) is 0 Å². The third-order valence-corrected chi connectivity index (χ3v) is 3.69. The number of nitrogens with zero attached hydrogens (tertiary/aromatic N) is 1. The summed E-state index contributed by atoms with van der Waals surface area (Å²) in [6.07, 6.45) is 2.11. The van der Waals surface area contributed by atoms with Crippen LogP contribution in [0.15, 0.2) is 18.2 Å². The Balaban J connectivity index is 1.83. The van der Waals surface area contributed by atoms with Crippen LogP contribution in [0.4, 0.5) is 5.13 Å². The molecule has 0 saturated carbocycles. The van der Waals surface area contributed by atoms with Gasteiger partial charge in [-0.1, -0.05) is 30.4 Å². The second-order valence-electron chi connectivity index (χ2n) is 4.33. The number of nitrogens with one attached hydrogen (secondary N) is 1. The molecular weight excluding hydrogens is 244 g/mol. The smallest absolute Gasteiger partial charge is 0.183 e. The summed E-state index contributed by atoms with van der Waals surface area (Å²) in [4.78, 5) is 4.61. The molecule has 0 aliphatic carbocycles. The average molecular weight is 264 g/mol. The molecule has 0 saturated heterocycles. The first-order chi connectivity index (χ1) is 8.81. The summed E-state index contributed by atoms with van der Waals surface area (Å²) in [6, 6.07) is 6.30. The van der Waals surface area contributed by atoms with E-state index < -0.39 is 0 Å². The van der Waals surface area contributed by atoms with E-state index in [1.807, 2.05) is 0 Å². The molecule has 18 heavy (non-hydrogen) atoms. The summed E-state index contributed by atoms with van der Waals surface area (Å²) in [5.41, 5.74) is 2.36. The van der Waals surface area contributed by atoms with Gasteiger partial charge in [-0.25, -0.2) is 4.98 Å². The molecule has 0 radical (unpaired) electrons. The van der Waals surface area contributed by atoms with Crippen LogP contribution < -0.4 is 5.32 Å². The zero-order valence-electron chi connectivity index (χ0n) is 11.0. The highest BCUT2D eigenvalue weighted by atomic mass is 32.1. The van der Waals surface area contributed by atoms with Gasteiger partial charge in [0, 0.05) is 19.8 Å². The van der Waals surface area contributed by atoms with Gasteiger partial charge in [0.05, 0.1) is 10.2 Å². The number of aromatic nitrogens is 1. The van der Waals surface area contributed by atoms with Gasteiger partial charge in [-0.05, 0) is 31.4 Å². The lowest BCUT2D eigenvalue weighted by molar-refractivity contribution is 0.134. The highest BCUT2D eigenvalue weighted by Crippen LogP contribution is 2.27. The van der Waals surface area contributed by atoms with Crippen molar-refractivity contribution in [3.63, 3.8) is 0 Å². The maximum Gasteiger partial charge on any atom is 0.183 e. The van der Waals surface area contributed by atoms with Crippen molar-refractivity contribution in [1.82, 2.24) is 4.98 Å². The van der Waals surface area contributed by atoms with Crippen LogP contribution in [0.3, 0.4) is 0 Å². The molecule has 1 aromatic heterocycles. The lowest BCUT2D eigenvalue weighted by Gasteiger charge is -2.03. The van der Waals surface area contributed by atoms with Gasteiger partial charge >= 0.3 is 0 Å². The van der Waals surface area contributed by atoms with Gasteiger partial charge in [-0.2, -0.15) is 0 Å². The van der Waals surface area contributed by atoms with Crippen LogP contribution in [0.1, 0.15) is 25.3 Å². The van der Waals surface area contributed by atoms with Gasteiger partial charge in [0.1, 0.15) is 0 Å². The first kappa shape index (κ1) is 13.3. The zero-order valence-corrected chi connectivity index (χ0v) is 11.8. The van der Waals surface area contributed by atoms with Crippen molar-refractivity contribution in [2.45, 2.75) is 26.7 Å². The first-order valence-corrected chi connectivity index (χ1v) is 7.30. The van der Waals surface area contributed by atoms with Crippen LogP contribution in [-0.2, 0) is 4.74 Å². The molecule has 1 N–H and O–H groups in total. The van der Waals surface area contributed by atoms with Crippen molar-refractivity contribution in [2.24, 2.45) is 0 Å². The number of fused-ring (bicyclic) bond motifs is 1. The van der Waals surface area contributed by atoms with Gasteiger partial charge in [0.2, 0.25) is 0 Å². The van der Waals surface area contributed by atoms with Crippen LogP contribution in [-0.4, -0.2) is 24.7 Å². The van der Waals surface area contributed by atoms with E-state index in [1.165, 1.54) is 10.3 Å². The number of anilines is 1. The van der Waals surface area contributed by atoms with Gasteiger partial charge < -0.3 is 10.1 Å². The van der Waals surface area contributed by atoms with Crippen LogP contribution >= 0.6 is 11.3 Å². The monoisotopic (exact) mass is 264 g/mol. The lowest BCUT2D eigenvalue weighted by Crippen LogP contribution is -2.05. The van der Waals surface area contributed by atoms with E-state index in [2.05, 4.69) is 42.3 Å². The molecule has 2 rings (SSSR count). The normalized spacial score (nSPS) is 11.0. The number of aryl methyl sites for hydroxylation is 1. The molecule has 0 bridgehead atoms. The molecule has 4 heteroatoms. The summed E-state index contributed by atoms with van der Waals surface area (Å²) in [5, 5.41) is 4.37. The summed E-state index contributed by atoms with van der Waals surface area (Å²) >= 11 is 1.72. The number of benzene rings is 1. The van der Waals surface area contributed by atoms with E-state index in [1.54, 1.807) is 11.3 Å². The van der Waals surface area contributed by atoms with Crippen molar-refractivity contribution in [1.29, 1.82) is 0 Å². The standard InChI is InChI=1S/C14H20N2OS/c1-3-9-17-10-5-8-15-14-16-13-11(2)6-4-7-12(13)18-14/h4,6-7H,3,5,8-10H2,1-2H3,(H,15,16). The molecule has 98 valence electrons. The predicted octanol–water partition coefficient (Wildman–Crippen LogP) is 3.83. The lowest BCUT2D eigenvalue weighted by atomic mass is 10.2. The minimum Gasteiger partial charge on any atom is -0.381 e. The van der Waals surface area contributed by atoms with Crippen LogP contribution in [0.25, 0.3) is 10.2 Å². The fourth-order valence-electron chi connectivity index (χ4n) is 1.78. The van der Waals surface area contributed by atoms with E-state index >= 15 is 0 Å². The van der Waals surface area contributed by atoms with E-state index in [0.717, 1.165) is 43.2 Å². The number of thiazole rings is 1. The number of rotatable bonds is 7. The summed E-state index contributed by atoms with van der Waals surface area (Å²) in [7, 11) is 0. The Morgan fingerprint density at radius 3 is 3.00 bits per heavy atom. The van der Waals surface area contributed by atoms with Crippen molar-refractivity contribution >= 4 is 26.7 Å². The largest absolute Gasteiger partial charge is 0.381 e. The van der Waals surface area contributed by atoms with Gasteiger partial charge in [-0.3, -0.25) is 0 Å². The van der Waals surface area contributed by atoms with Crippen LogP contribution in [0.5, 0.6) is 0 Å². The molecule has 1 heterocycles. The zero-order chi connectivity index (χ0) is 12.8. The SMILES string of the molecule is CCCOCCCNc1nc2c(C)cccc2s1. The number of ether oxygens (including phenoxy) is 1. The summed E-state index contributed by atoms with van der Waals surface area (Å²) in [6.45, 7) is 6.83. The number of para-hydroxylation sites is 1. The van der Waals surface area contributed by atoms with Crippen molar-refractivity contribution in [3.8, 4) is 0 Å². The molecule has 1 aromatic carbocycles. The molecule has 0 spiro atoms. The minimum atomic E-state index is 0.824. The Kier molecular flexibility index (Phi) is 4.96. The van der Waals surface area contributed by atoms with Crippen molar-refractivity contribution in [2.75, 3.05) is 25.1 Å². The van der Waals surface area contributed by atoms with Gasteiger partial charge in [-0.15, -0.1) is 0 Å². The van der Waals surface area contributed by atoms with E-state index in [4.69, 9.17) is 4.74 Å². The highest BCUT2D eigenvalue weighted by Gasteiger charge is 2.04. The highest BCUT2D eigenvalue weighted by molar-refractivity contribution is 7.22. The van der Waals surface area contributed by atoms with Crippen LogP contribution in [0, 0.1) is 6.92 Å². The fraction of sp³-hybridized carbons (Fsp3) is 0.500. The molecular formula is C14H20N2OS. The van der Waals surface area contributed by atoms with Gasteiger partial charge in [0.15, 0.2) is 5.13 Å². The van der Waals surface area contributed by atoms with E-state index in [9.17, 15) is 0 Å². The molecule has 0 fully saturated rings. The summed E-state index contributed by atoms with van der Waals surface area (Å²) < 4.78 is 6.69.